The number of nitrogens with two attached hydrogens (primary N) is 1. The van der Waals surface area contributed by atoms with E-state index in [4.69, 9.17) is 17.3 Å². The number of amides is 2. The van der Waals surface area contributed by atoms with Crippen molar-refractivity contribution >= 4 is 40.5 Å². The second-order valence-electron chi connectivity index (χ2n) is 5.85. The quantitative estimate of drug-likeness (QED) is 0.556. The summed E-state index contributed by atoms with van der Waals surface area (Å²) in [5.74, 6) is -1.11. The van der Waals surface area contributed by atoms with Gasteiger partial charge in [0.2, 0.25) is 11.8 Å². The largest absolute Gasteiger partial charge is 0.366 e. The molecule has 2 aromatic carbocycles. The van der Waals surface area contributed by atoms with Crippen LogP contribution in [0.2, 0.25) is 5.02 Å². The molecule has 0 aliphatic carbocycles. The smallest absolute Gasteiger partial charge is 0.293 e. The second kappa shape index (κ2) is 8.50. The highest BCUT2D eigenvalue weighted by atomic mass is 35.5. The van der Waals surface area contributed by atoms with Crippen LogP contribution in [0.3, 0.4) is 0 Å². The topological polar surface area (TPSA) is 119 Å². The first kappa shape index (κ1) is 20.2. The lowest BCUT2D eigenvalue weighted by molar-refractivity contribution is -0.384. The lowest BCUT2D eigenvalue weighted by atomic mass is 10.1. The number of aryl methyl sites for hydroxylation is 1. The molecule has 0 aromatic heterocycles. The van der Waals surface area contributed by atoms with E-state index in [9.17, 15) is 19.7 Å². The van der Waals surface area contributed by atoms with E-state index in [1.165, 1.54) is 17.0 Å². The van der Waals surface area contributed by atoms with Crippen LogP contribution in [-0.2, 0) is 4.79 Å². The van der Waals surface area contributed by atoms with E-state index < -0.39 is 10.8 Å². The van der Waals surface area contributed by atoms with Gasteiger partial charge < -0.3 is 16.0 Å². The predicted octanol–water partition coefficient (Wildman–Crippen LogP) is 3.12. The van der Waals surface area contributed by atoms with Crippen molar-refractivity contribution in [1.82, 2.24) is 0 Å². The SMILES string of the molecule is CCN(CC(=O)Nc1cc(Cl)ccc1C)c1ccc(C(N)=O)cc1[N+](=O)[O-]. The van der Waals surface area contributed by atoms with Crippen LogP contribution in [-0.4, -0.2) is 29.8 Å². The number of rotatable bonds is 7. The van der Waals surface area contributed by atoms with Gasteiger partial charge in [0.1, 0.15) is 5.69 Å². The number of hydrogen-bond donors (Lipinski definition) is 2. The first-order valence-corrected chi connectivity index (χ1v) is 8.50. The van der Waals surface area contributed by atoms with Crippen molar-refractivity contribution in [3.8, 4) is 0 Å². The van der Waals surface area contributed by atoms with Gasteiger partial charge in [-0.3, -0.25) is 19.7 Å². The molecule has 0 unspecified atom stereocenters. The zero-order valence-electron chi connectivity index (χ0n) is 14.9. The molecule has 0 radical (unpaired) electrons. The number of carbonyl (C=O) groups excluding carboxylic acids is 2. The van der Waals surface area contributed by atoms with Crippen LogP contribution in [0, 0.1) is 17.0 Å². The molecule has 0 aliphatic rings. The minimum atomic E-state index is -0.762. The number of carbonyl (C=O) groups is 2. The van der Waals surface area contributed by atoms with E-state index in [1.807, 2.05) is 6.92 Å². The molecule has 2 amide bonds. The maximum atomic E-state index is 12.4. The number of primary amides is 1. The summed E-state index contributed by atoms with van der Waals surface area (Å²) in [6.45, 7) is 3.83. The van der Waals surface area contributed by atoms with E-state index in [1.54, 1.807) is 25.1 Å². The van der Waals surface area contributed by atoms with Gasteiger partial charge in [-0.05, 0) is 43.7 Å². The second-order valence-corrected chi connectivity index (χ2v) is 6.28. The van der Waals surface area contributed by atoms with E-state index in [0.29, 0.717) is 17.3 Å². The van der Waals surface area contributed by atoms with Crippen molar-refractivity contribution in [3.63, 3.8) is 0 Å². The highest BCUT2D eigenvalue weighted by Gasteiger charge is 2.22. The number of nitro benzene ring substituents is 1. The Hall–Kier alpha value is -3.13. The molecule has 9 heteroatoms. The number of benzene rings is 2. The van der Waals surface area contributed by atoms with E-state index >= 15 is 0 Å². The number of halogens is 1. The Morgan fingerprint density at radius 1 is 1.26 bits per heavy atom. The normalized spacial score (nSPS) is 10.3. The fourth-order valence-corrected chi connectivity index (χ4v) is 2.72. The molecule has 2 aromatic rings. The van der Waals surface area contributed by atoms with Crippen LogP contribution < -0.4 is 16.0 Å². The van der Waals surface area contributed by atoms with Gasteiger partial charge in [-0.2, -0.15) is 0 Å². The third-order valence-corrected chi connectivity index (χ3v) is 4.22. The molecular formula is C18H19ClN4O4. The Kier molecular flexibility index (Phi) is 6.36. The van der Waals surface area contributed by atoms with E-state index in [-0.39, 0.29) is 29.4 Å². The fraction of sp³-hybridized carbons (Fsp3) is 0.222. The molecule has 0 atom stereocenters. The summed E-state index contributed by atoms with van der Waals surface area (Å²) < 4.78 is 0. The maximum absolute atomic E-state index is 12.4. The van der Waals surface area contributed by atoms with Gasteiger partial charge in [-0.15, -0.1) is 0 Å². The molecule has 0 saturated heterocycles. The third kappa shape index (κ3) is 4.95. The summed E-state index contributed by atoms with van der Waals surface area (Å²) in [5, 5.41) is 14.6. The summed E-state index contributed by atoms with van der Waals surface area (Å²) >= 11 is 5.95. The standard InChI is InChI=1S/C18H19ClN4O4/c1-3-22(10-17(24)21-14-9-13(19)6-4-11(14)2)15-7-5-12(18(20)25)8-16(15)23(26)27/h4-9H,3,10H2,1-2H3,(H2,20,25)(H,21,24). The highest BCUT2D eigenvalue weighted by Crippen LogP contribution is 2.29. The molecule has 27 heavy (non-hydrogen) atoms. The van der Waals surface area contributed by atoms with Crippen molar-refractivity contribution < 1.29 is 14.5 Å². The molecule has 0 spiro atoms. The lowest BCUT2D eigenvalue weighted by Gasteiger charge is -2.22. The molecule has 0 fully saturated rings. The zero-order chi connectivity index (χ0) is 20.1. The molecule has 8 nitrogen and oxygen atoms in total. The number of nitrogens with one attached hydrogen (secondary N) is 1. The number of nitro groups is 1. The third-order valence-electron chi connectivity index (χ3n) is 3.99. The highest BCUT2D eigenvalue weighted by molar-refractivity contribution is 6.31. The van der Waals surface area contributed by atoms with Crippen LogP contribution in [0.25, 0.3) is 0 Å². The molecular weight excluding hydrogens is 372 g/mol. The van der Waals surface area contributed by atoms with Crippen molar-refractivity contribution in [2.75, 3.05) is 23.3 Å². The number of likely N-dealkylation sites (N-methyl/N-ethyl adjacent to an activating group) is 1. The molecule has 2 rings (SSSR count). The van der Waals surface area contributed by atoms with Gasteiger partial charge >= 0.3 is 0 Å². The Morgan fingerprint density at radius 2 is 1.96 bits per heavy atom. The lowest BCUT2D eigenvalue weighted by Crippen LogP contribution is -2.33. The molecule has 0 bridgehead atoms. The van der Waals surface area contributed by atoms with Gasteiger partial charge in [0, 0.05) is 28.9 Å². The summed E-state index contributed by atoms with van der Waals surface area (Å²) in [6.07, 6.45) is 0. The van der Waals surface area contributed by atoms with Crippen LogP contribution in [0.15, 0.2) is 36.4 Å². The molecule has 3 N–H and O–H groups in total. The minimum Gasteiger partial charge on any atom is -0.366 e. The summed E-state index contributed by atoms with van der Waals surface area (Å²) in [6, 6.07) is 9.05. The van der Waals surface area contributed by atoms with Gasteiger partial charge in [-0.1, -0.05) is 17.7 Å². The Morgan fingerprint density at radius 3 is 2.56 bits per heavy atom. The van der Waals surface area contributed by atoms with Crippen LogP contribution in [0.1, 0.15) is 22.8 Å². The predicted molar refractivity (Wildman–Crippen MR) is 104 cm³/mol. The molecule has 142 valence electrons. The van der Waals surface area contributed by atoms with Crippen LogP contribution in [0.5, 0.6) is 0 Å². The average Bonchev–Trinajstić information content (AvgIpc) is 2.62. The van der Waals surface area contributed by atoms with Crippen molar-refractivity contribution in [2.24, 2.45) is 5.73 Å². The number of nitrogens with zero attached hydrogens (tertiary/aromatic N) is 2. The Labute approximate surface area is 161 Å². The van der Waals surface area contributed by atoms with Crippen LogP contribution >= 0.6 is 11.6 Å². The van der Waals surface area contributed by atoms with E-state index in [2.05, 4.69) is 5.32 Å². The summed E-state index contributed by atoms with van der Waals surface area (Å²) in [4.78, 5) is 36.0. The first-order valence-electron chi connectivity index (χ1n) is 8.12. The monoisotopic (exact) mass is 390 g/mol. The molecule has 0 saturated carbocycles. The Balaban J connectivity index is 2.26. The minimum absolute atomic E-state index is 0.0282. The number of anilines is 2. The molecule has 0 aliphatic heterocycles. The Bertz CT molecular complexity index is 901. The zero-order valence-corrected chi connectivity index (χ0v) is 15.6. The van der Waals surface area contributed by atoms with Crippen molar-refractivity contribution in [2.45, 2.75) is 13.8 Å². The van der Waals surface area contributed by atoms with Gasteiger partial charge in [0.05, 0.1) is 11.5 Å². The van der Waals surface area contributed by atoms with Crippen molar-refractivity contribution in [1.29, 1.82) is 0 Å². The summed E-state index contributed by atoms with van der Waals surface area (Å²) in [7, 11) is 0. The summed E-state index contributed by atoms with van der Waals surface area (Å²) in [5.41, 5.74) is 6.56. The van der Waals surface area contributed by atoms with E-state index in [0.717, 1.165) is 11.6 Å². The number of hydrogen-bond acceptors (Lipinski definition) is 5. The van der Waals surface area contributed by atoms with Gasteiger partial charge in [0.15, 0.2) is 0 Å². The maximum Gasteiger partial charge on any atom is 0.293 e. The van der Waals surface area contributed by atoms with Crippen LogP contribution in [0.4, 0.5) is 17.1 Å². The molecule has 0 heterocycles. The average molecular weight is 391 g/mol. The van der Waals surface area contributed by atoms with Gasteiger partial charge in [0.25, 0.3) is 5.69 Å². The first-order chi connectivity index (χ1) is 12.7. The van der Waals surface area contributed by atoms with Gasteiger partial charge in [-0.25, -0.2) is 0 Å². The fourth-order valence-electron chi connectivity index (χ4n) is 2.55. The van der Waals surface area contributed by atoms with Crippen molar-refractivity contribution in [3.05, 3.63) is 62.7 Å².